The van der Waals surface area contributed by atoms with Gasteiger partial charge in [0.05, 0.1) is 6.10 Å². The second kappa shape index (κ2) is 3.35. The third kappa shape index (κ3) is 1.96. The maximum absolute atomic E-state index is 9.46. The van der Waals surface area contributed by atoms with Crippen molar-refractivity contribution in [1.29, 1.82) is 0 Å². The van der Waals surface area contributed by atoms with Crippen LogP contribution in [-0.4, -0.2) is 17.3 Å². The fourth-order valence-corrected chi connectivity index (χ4v) is 1.29. The van der Waals surface area contributed by atoms with Crippen LogP contribution in [0.3, 0.4) is 0 Å². The van der Waals surface area contributed by atoms with Gasteiger partial charge in [-0.25, -0.2) is 0 Å². The first-order valence-electron chi connectivity index (χ1n) is 4.19. The number of hydrogen-bond donors (Lipinski definition) is 2. The maximum Gasteiger partial charge on any atom is 0.0719 e. The Labute approximate surface area is 62.4 Å². The van der Waals surface area contributed by atoms with Crippen molar-refractivity contribution in [2.75, 3.05) is 0 Å². The van der Waals surface area contributed by atoms with Gasteiger partial charge in [0.2, 0.25) is 0 Å². The van der Waals surface area contributed by atoms with E-state index >= 15 is 0 Å². The molecule has 60 valence electrons. The zero-order valence-electron chi connectivity index (χ0n) is 6.59. The fraction of sp³-hybridized carbons (Fsp3) is 1.00. The van der Waals surface area contributed by atoms with Crippen molar-refractivity contribution < 1.29 is 5.11 Å². The first-order valence-corrected chi connectivity index (χ1v) is 4.19. The molecule has 0 aliphatic heterocycles. The molecule has 2 nitrogen and oxygen atoms in total. The van der Waals surface area contributed by atoms with E-state index in [2.05, 4.69) is 6.92 Å². The molecule has 0 unspecified atom stereocenters. The Balaban J connectivity index is 2.17. The normalized spacial score (nSPS) is 24.3. The van der Waals surface area contributed by atoms with Crippen molar-refractivity contribution in [2.24, 2.45) is 11.7 Å². The van der Waals surface area contributed by atoms with Gasteiger partial charge in [-0.1, -0.05) is 13.3 Å². The quantitative estimate of drug-likeness (QED) is 0.613. The summed E-state index contributed by atoms with van der Waals surface area (Å²) in [5.41, 5.74) is 5.72. The first kappa shape index (κ1) is 8.02. The standard InChI is InChI=1S/C8H17NO/c1-2-3-7(9)8(10)6-4-5-6/h6-8,10H,2-5,9H2,1H3/t7-,8-/m0/s1. The van der Waals surface area contributed by atoms with Crippen LogP contribution in [0.1, 0.15) is 32.6 Å². The van der Waals surface area contributed by atoms with Crippen LogP contribution in [0.4, 0.5) is 0 Å². The van der Waals surface area contributed by atoms with Gasteiger partial charge in [-0.05, 0) is 25.2 Å². The van der Waals surface area contributed by atoms with Crippen LogP contribution < -0.4 is 5.73 Å². The molecule has 3 N–H and O–H groups in total. The zero-order chi connectivity index (χ0) is 7.56. The smallest absolute Gasteiger partial charge is 0.0719 e. The molecule has 1 aliphatic carbocycles. The van der Waals surface area contributed by atoms with Crippen molar-refractivity contribution in [2.45, 2.75) is 44.8 Å². The SMILES string of the molecule is CCC[C@H](N)[C@@H](O)C1CC1. The van der Waals surface area contributed by atoms with Gasteiger partial charge in [-0.3, -0.25) is 0 Å². The highest BCUT2D eigenvalue weighted by molar-refractivity contribution is 4.86. The summed E-state index contributed by atoms with van der Waals surface area (Å²) in [6.45, 7) is 2.10. The van der Waals surface area contributed by atoms with Crippen molar-refractivity contribution in [3.8, 4) is 0 Å². The molecule has 0 aromatic carbocycles. The summed E-state index contributed by atoms with van der Waals surface area (Å²) in [4.78, 5) is 0. The Hall–Kier alpha value is -0.0800. The molecule has 0 radical (unpaired) electrons. The number of rotatable bonds is 4. The molecule has 0 spiro atoms. The van der Waals surface area contributed by atoms with Crippen LogP contribution in [0, 0.1) is 5.92 Å². The molecule has 0 bridgehead atoms. The zero-order valence-corrected chi connectivity index (χ0v) is 6.59. The molecule has 0 heterocycles. The molecule has 1 fully saturated rings. The lowest BCUT2D eigenvalue weighted by Gasteiger charge is -2.16. The Bertz CT molecular complexity index is 101. The van der Waals surface area contributed by atoms with Gasteiger partial charge >= 0.3 is 0 Å². The molecular formula is C8H17NO. The fourth-order valence-electron chi connectivity index (χ4n) is 1.29. The van der Waals surface area contributed by atoms with Crippen LogP contribution in [0.25, 0.3) is 0 Å². The van der Waals surface area contributed by atoms with Crippen LogP contribution in [0.2, 0.25) is 0 Å². The summed E-state index contributed by atoms with van der Waals surface area (Å²) in [7, 11) is 0. The highest BCUT2D eigenvalue weighted by Crippen LogP contribution is 2.34. The predicted molar refractivity (Wildman–Crippen MR) is 41.6 cm³/mol. The Morgan fingerprint density at radius 1 is 1.60 bits per heavy atom. The molecule has 0 saturated heterocycles. The van der Waals surface area contributed by atoms with Gasteiger partial charge < -0.3 is 10.8 Å². The van der Waals surface area contributed by atoms with E-state index in [1.165, 1.54) is 12.8 Å². The van der Waals surface area contributed by atoms with Crippen LogP contribution in [-0.2, 0) is 0 Å². The average Bonchev–Trinajstić information content (AvgIpc) is 2.68. The van der Waals surface area contributed by atoms with Gasteiger partial charge in [-0.15, -0.1) is 0 Å². The van der Waals surface area contributed by atoms with Crippen molar-refractivity contribution >= 4 is 0 Å². The second-order valence-electron chi connectivity index (χ2n) is 3.28. The third-order valence-electron chi connectivity index (χ3n) is 2.17. The largest absolute Gasteiger partial charge is 0.391 e. The van der Waals surface area contributed by atoms with Crippen molar-refractivity contribution in [3.05, 3.63) is 0 Å². The van der Waals surface area contributed by atoms with E-state index in [1.807, 2.05) is 0 Å². The molecule has 1 aliphatic rings. The molecule has 2 atom stereocenters. The topological polar surface area (TPSA) is 46.2 Å². The van der Waals surface area contributed by atoms with Crippen LogP contribution in [0.15, 0.2) is 0 Å². The van der Waals surface area contributed by atoms with E-state index in [0.717, 1.165) is 12.8 Å². The summed E-state index contributed by atoms with van der Waals surface area (Å²) < 4.78 is 0. The van der Waals surface area contributed by atoms with Crippen LogP contribution in [0.5, 0.6) is 0 Å². The van der Waals surface area contributed by atoms with Gasteiger partial charge in [0, 0.05) is 6.04 Å². The second-order valence-corrected chi connectivity index (χ2v) is 3.28. The molecule has 0 amide bonds. The minimum Gasteiger partial charge on any atom is -0.391 e. The lowest BCUT2D eigenvalue weighted by atomic mass is 10.0. The minimum absolute atomic E-state index is 0.0255. The summed E-state index contributed by atoms with van der Waals surface area (Å²) in [6, 6.07) is 0.0255. The monoisotopic (exact) mass is 143 g/mol. The molecule has 1 saturated carbocycles. The highest BCUT2D eigenvalue weighted by atomic mass is 16.3. The Kier molecular flexibility index (Phi) is 2.69. The average molecular weight is 143 g/mol. The van der Waals surface area contributed by atoms with E-state index in [1.54, 1.807) is 0 Å². The van der Waals surface area contributed by atoms with E-state index in [9.17, 15) is 5.11 Å². The van der Waals surface area contributed by atoms with Gasteiger partial charge in [0.1, 0.15) is 0 Å². The van der Waals surface area contributed by atoms with Crippen LogP contribution >= 0.6 is 0 Å². The highest BCUT2D eigenvalue weighted by Gasteiger charge is 2.32. The lowest BCUT2D eigenvalue weighted by Crippen LogP contribution is -2.35. The molecule has 1 rings (SSSR count). The summed E-state index contributed by atoms with van der Waals surface area (Å²) in [5.74, 6) is 0.529. The number of aliphatic hydroxyl groups excluding tert-OH is 1. The number of aliphatic hydroxyl groups is 1. The van der Waals surface area contributed by atoms with Gasteiger partial charge in [0.25, 0.3) is 0 Å². The first-order chi connectivity index (χ1) is 4.75. The lowest BCUT2D eigenvalue weighted by molar-refractivity contribution is 0.118. The predicted octanol–water partition coefficient (Wildman–Crippen LogP) is 0.885. The van der Waals surface area contributed by atoms with Crippen molar-refractivity contribution in [1.82, 2.24) is 0 Å². The van der Waals surface area contributed by atoms with Gasteiger partial charge in [-0.2, -0.15) is 0 Å². The summed E-state index contributed by atoms with van der Waals surface area (Å²) in [5, 5.41) is 9.46. The van der Waals surface area contributed by atoms with E-state index < -0.39 is 0 Å². The van der Waals surface area contributed by atoms with Crippen molar-refractivity contribution in [3.63, 3.8) is 0 Å². The Morgan fingerprint density at radius 2 is 2.20 bits per heavy atom. The van der Waals surface area contributed by atoms with E-state index in [-0.39, 0.29) is 12.1 Å². The maximum atomic E-state index is 9.46. The summed E-state index contributed by atoms with van der Waals surface area (Å²) in [6.07, 6.45) is 4.17. The Morgan fingerprint density at radius 3 is 2.60 bits per heavy atom. The molecule has 10 heavy (non-hydrogen) atoms. The molecule has 2 heteroatoms. The molecular weight excluding hydrogens is 126 g/mol. The van der Waals surface area contributed by atoms with E-state index in [0.29, 0.717) is 5.92 Å². The van der Waals surface area contributed by atoms with Gasteiger partial charge in [0.15, 0.2) is 0 Å². The van der Waals surface area contributed by atoms with E-state index in [4.69, 9.17) is 5.73 Å². The molecule has 0 aromatic heterocycles. The number of hydrogen-bond acceptors (Lipinski definition) is 2. The third-order valence-corrected chi connectivity index (χ3v) is 2.17. The summed E-state index contributed by atoms with van der Waals surface area (Å²) >= 11 is 0. The number of nitrogens with two attached hydrogens (primary N) is 1. The minimum atomic E-state index is -0.222. The molecule has 0 aromatic rings.